The molecule has 154 valence electrons. The van der Waals surface area contributed by atoms with Gasteiger partial charge in [-0.25, -0.2) is 18.6 Å². The third-order valence-corrected chi connectivity index (χ3v) is 4.15. The number of fused-ring (bicyclic) bond motifs is 1. The molecule has 3 aromatic heterocycles. The zero-order chi connectivity index (χ0) is 21.2. The highest BCUT2D eigenvalue weighted by molar-refractivity contribution is 6.01. The van der Waals surface area contributed by atoms with Gasteiger partial charge in [-0.2, -0.15) is 13.9 Å². The first-order valence-electron chi connectivity index (χ1n) is 8.54. The van der Waals surface area contributed by atoms with Crippen LogP contribution in [0.1, 0.15) is 28.8 Å². The number of alkyl halides is 4. The molecule has 3 aromatic rings. The smallest absolute Gasteiger partial charge is 0.355 e. The van der Waals surface area contributed by atoms with Crippen molar-refractivity contribution in [2.24, 2.45) is 0 Å². The summed E-state index contributed by atoms with van der Waals surface area (Å²) in [4.78, 5) is 19.4. The number of ether oxygens (including phenoxy) is 1. The minimum Gasteiger partial charge on any atom is -0.485 e. The molecular weight excluding hydrogens is 396 g/mol. The SMILES string of the molecule is CCc1c2c(C(=O)O)nccc2nn1Cc1ccc(OCC(F)(F)C(F)F)cn1. The number of carboxylic acids is 1. The van der Waals surface area contributed by atoms with E-state index in [1.54, 1.807) is 10.7 Å². The van der Waals surface area contributed by atoms with Gasteiger partial charge in [0.05, 0.1) is 29.3 Å². The fraction of sp³-hybridized carbons (Fsp3) is 0.333. The third-order valence-electron chi connectivity index (χ3n) is 4.15. The molecule has 29 heavy (non-hydrogen) atoms. The summed E-state index contributed by atoms with van der Waals surface area (Å²) >= 11 is 0. The van der Waals surface area contributed by atoms with Crippen LogP contribution < -0.4 is 4.74 Å². The number of halogens is 4. The molecule has 0 unspecified atom stereocenters. The fourth-order valence-corrected chi connectivity index (χ4v) is 2.78. The van der Waals surface area contributed by atoms with Crippen LogP contribution in [-0.4, -0.2) is 49.8 Å². The highest BCUT2D eigenvalue weighted by atomic mass is 19.3. The van der Waals surface area contributed by atoms with Gasteiger partial charge in [0.25, 0.3) is 0 Å². The number of carboxylic acid groups (broad SMARTS) is 1. The van der Waals surface area contributed by atoms with Crippen LogP contribution in [0.5, 0.6) is 5.75 Å². The minimum atomic E-state index is -4.25. The van der Waals surface area contributed by atoms with E-state index in [0.29, 0.717) is 28.7 Å². The Morgan fingerprint density at radius 2 is 2.03 bits per heavy atom. The van der Waals surface area contributed by atoms with E-state index in [-0.39, 0.29) is 18.0 Å². The van der Waals surface area contributed by atoms with E-state index < -0.39 is 24.9 Å². The predicted octanol–water partition coefficient (Wildman–Crippen LogP) is 3.41. The van der Waals surface area contributed by atoms with Gasteiger partial charge in [-0.3, -0.25) is 9.67 Å². The van der Waals surface area contributed by atoms with Crippen molar-refractivity contribution in [3.8, 4) is 5.75 Å². The predicted molar refractivity (Wildman–Crippen MR) is 93.7 cm³/mol. The van der Waals surface area contributed by atoms with E-state index >= 15 is 0 Å². The average molecular weight is 412 g/mol. The van der Waals surface area contributed by atoms with Crippen molar-refractivity contribution in [2.45, 2.75) is 32.2 Å². The van der Waals surface area contributed by atoms with E-state index in [9.17, 15) is 27.5 Å². The standard InChI is InChI=1S/C18H16F4N4O3/c1-2-13-14-12(5-6-23-15(14)16(27)28)25-26(13)8-10-3-4-11(7-24-10)29-9-18(21,22)17(19)20/h3-7,17H,2,8-9H2,1H3,(H,27,28). The maximum Gasteiger partial charge on any atom is 0.355 e. The lowest BCUT2D eigenvalue weighted by Gasteiger charge is -2.15. The molecule has 0 radical (unpaired) electrons. The van der Waals surface area contributed by atoms with Crippen LogP contribution in [0.2, 0.25) is 0 Å². The van der Waals surface area contributed by atoms with Crippen molar-refractivity contribution in [3.05, 3.63) is 47.7 Å². The summed E-state index contributed by atoms with van der Waals surface area (Å²) in [6.07, 6.45) is -0.814. The lowest BCUT2D eigenvalue weighted by atomic mass is 10.1. The molecular formula is C18H16F4N4O3. The summed E-state index contributed by atoms with van der Waals surface area (Å²) in [7, 11) is 0. The van der Waals surface area contributed by atoms with Crippen molar-refractivity contribution < 1.29 is 32.2 Å². The Bertz CT molecular complexity index is 1020. The van der Waals surface area contributed by atoms with Crippen molar-refractivity contribution >= 4 is 16.9 Å². The number of aryl methyl sites for hydroxylation is 1. The summed E-state index contributed by atoms with van der Waals surface area (Å²) < 4.78 is 56.4. The normalized spacial score (nSPS) is 11.9. The Morgan fingerprint density at radius 1 is 1.28 bits per heavy atom. The van der Waals surface area contributed by atoms with Crippen molar-refractivity contribution in [3.63, 3.8) is 0 Å². The number of hydrogen-bond acceptors (Lipinski definition) is 5. The van der Waals surface area contributed by atoms with Crippen LogP contribution in [0.15, 0.2) is 30.6 Å². The third kappa shape index (κ3) is 4.28. The van der Waals surface area contributed by atoms with Crippen molar-refractivity contribution in [2.75, 3.05) is 6.61 Å². The first-order valence-corrected chi connectivity index (χ1v) is 8.54. The van der Waals surface area contributed by atoms with Gasteiger partial charge >= 0.3 is 18.3 Å². The molecule has 0 atom stereocenters. The average Bonchev–Trinajstić information content (AvgIpc) is 3.04. The Kier molecular flexibility index (Phi) is 5.66. The second kappa shape index (κ2) is 8.02. The quantitative estimate of drug-likeness (QED) is 0.571. The minimum absolute atomic E-state index is 0.0761. The number of aromatic nitrogens is 4. The van der Waals surface area contributed by atoms with Crippen LogP contribution in [0.4, 0.5) is 17.6 Å². The molecule has 7 nitrogen and oxygen atoms in total. The summed E-state index contributed by atoms with van der Waals surface area (Å²) in [5, 5.41) is 14.2. The number of nitrogens with zero attached hydrogens (tertiary/aromatic N) is 4. The van der Waals surface area contributed by atoms with Gasteiger partial charge in [-0.15, -0.1) is 0 Å². The Labute approximate surface area is 162 Å². The molecule has 3 heterocycles. The highest BCUT2D eigenvalue weighted by Gasteiger charge is 2.41. The number of aromatic carboxylic acids is 1. The summed E-state index contributed by atoms with van der Waals surface area (Å²) in [6, 6.07) is 4.42. The van der Waals surface area contributed by atoms with E-state index in [4.69, 9.17) is 0 Å². The number of rotatable bonds is 8. The Balaban J connectivity index is 1.81. The first kappa shape index (κ1) is 20.5. The molecule has 0 aliphatic carbocycles. The molecule has 0 aromatic carbocycles. The molecule has 3 rings (SSSR count). The second-order valence-corrected chi connectivity index (χ2v) is 6.15. The van der Waals surface area contributed by atoms with Gasteiger partial charge in [0.2, 0.25) is 0 Å². The van der Waals surface area contributed by atoms with Gasteiger partial charge in [0.1, 0.15) is 5.75 Å². The van der Waals surface area contributed by atoms with E-state index in [1.807, 2.05) is 6.92 Å². The molecule has 0 bridgehead atoms. The maximum absolute atomic E-state index is 12.9. The number of pyridine rings is 2. The monoisotopic (exact) mass is 412 g/mol. The van der Waals surface area contributed by atoms with Crippen LogP contribution in [0, 0.1) is 0 Å². The molecule has 0 aliphatic heterocycles. The zero-order valence-corrected chi connectivity index (χ0v) is 15.1. The van der Waals surface area contributed by atoms with Crippen LogP contribution >= 0.6 is 0 Å². The molecule has 0 saturated carbocycles. The number of carbonyl (C=O) groups is 1. The molecule has 11 heteroatoms. The summed E-state index contributed by atoms with van der Waals surface area (Å²) in [5.41, 5.74) is 1.53. The van der Waals surface area contributed by atoms with E-state index in [2.05, 4.69) is 19.8 Å². The maximum atomic E-state index is 12.9. The molecule has 0 spiro atoms. The van der Waals surface area contributed by atoms with Gasteiger partial charge < -0.3 is 9.84 Å². The molecule has 0 aliphatic rings. The van der Waals surface area contributed by atoms with E-state index in [1.165, 1.54) is 18.3 Å². The highest BCUT2D eigenvalue weighted by Crippen LogP contribution is 2.25. The number of hydrogen-bond donors (Lipinski definition) is 1. The Morgan fingerprint density at radius 3 is 2.62 bits per heavy atom. The van der Waals surface area contributed by atoms with Gasteiger partial charge in [0, 0.05) is 11.9 Å². The van der Waals surface area contributed by atoms with Gasteiger partial charge in [-0.1, -0.05) is 6.92 Å². The van der Waals surface area contributed by atoms with Gasteiger partial charge in [-0.05, 0) is 24.6 Å². The second-order valence-electron chi connectivity index (χ2n) is 6.15. The zero-order valence-electron chi connectivity index (χ0n) is 15.1. The van der Waals surface area contributed by atoms with Crippen LogP contribution in [-0.2, 0) is 13.0 Å². The molecule has 0 saturated heterocycles. The van der Waals surface area contributed by atoms with Crippen LogP contribution in [0.25, 0.3) is 10.9 Å². The van der Waals surface area contributed by atoms with Crippen molar-refractivity contribution in [1.82, 2.24) is 19.7 Å². The van der Waals surface area contributed by atoms with Crippen LogP contribution in [0.3, 0.4) is 0 Å². The molecule has 0 amide bonds. The topological polar surface area (TPSA) is 90.1 Å². The van der Waals surface area contributed by atoms with Gasteiger partial charge in [0.15, 0.2) is 12.3 Å². The van der Waals surface area contributed by atoms with Crippen molar-refractivity contribution in [1.29, 1.82) is 0 Å². The lowest BCUT2D eigenvalue weighted by Crippen LogP contribution is -2.33. The Hall–Kier alpha value is -3.24. The molecule has 1 N–H and O–H groups in total. The first-order chi connectivity index (χ1) is 13.7. The molecule has 0 fully saturated rings. The lowest BCUT2D eigenvalue weighted by molar-refractivity contribution is -0.148. The summed E-state index contributed by atoms with van der Waals surface area (Å²) in [5.74, 6) is -5.49. The fourth-order valence-electron chi connectivity index (χ4n) is 2.78. The summed E-state index contributed by atoms with van der Waals surface area (Å²) in [6.45, 7) is 0.574. The van der Waals surface area contributed by atoms with E-state index in [0.717, 1.165) is 6.20 Å². The largest absolute Gasteiger partial charge is 0.485 e.